The SMILES string of the molecule is CC(C)C(=O)NCC(=O)N1CC(C(C)C)CC1C=O.CC(C)c1ccccc1.CNC(CC1CC1)C(=O)C(N)=O. The van der Waals surface area contributed by atoms with E-state index in [9.17, 15) is 24.0 Å². The van der Waals surface area contributed by atoms with Gasteiger partial charge in [0.05, 0.1) is 18.6 Å². The number of likely N-dealkylation sites (N-methyl/N-ethyl adjacent to an activating group) is 1. The van der Waals surface area contributed by atoms with Crippen LogP contribution in [0.1, 0.15) is 78.7 Å². The highest BCUT2D eigenvalue weighted by atomic mass is 16.2. The summed E-state index contributed by atoms with van der Waals surface area (Å²) in [5.74, 6) is 0.295. The Balaban J connectivity index is 0.000000325. The highest BCUT2D eigenvalue weighted by molar-refractivity contribution is 6.37. The van der Waals surface area contributed by atoms with Crippen molar-refractivity contribution in [2.45, 2.75) is 85.2 Å². The zero-order chi connectivity index (χ0) is 30.4. The van der Waals surface area contributed by atoms with Crippen LogP contribution in [0.5, 0.6) is 0 Å². The number of hydrogen-bond donors (Lipinski definition) is 3. The van der Waals surface area contributed by atoms with Gasteiger partial charge in [0.2, 0.25) is 17.6 Å². The zero-order valence-electron chi connectivity index (χ0n) is 25.3. The van der Waals surface area contributed by atoms with E-state index in [0.29, 0.717) is 30.2 Å². The number of rotatable bonds is 11. The van der Waals surface area contributed by atoms with Crippen molar-refractivity contribution < 1.29 is 24.0 Å². The second kappa shape index (κ2) is 17.6. The maximum atomic E-state index is 12.1. The van der Waals surface area contributed by atoms with Crippen LogP contribution in [0.15, 0.2) is 30.3 Å². The Hall–Kier alpha value is -3.07. The normalized spacial score (nSPS) is 18.8. The van der Waals surface area contributed by atoms with Crippen molar-refractivity contribution in [2.24, 2.45) is 29.4 Å². The van der Waals surface area contributed by atoms with Crippen molar-refractivity contribution in [3.63, 3.8) is 0 Å². The molecule has 9 heteroatoms. The maximum Gasteiger partial charge on any atom is 0.286 e. The number of ketones is 1. The molecule has 0 aromatic heterocycles. The van der Waals surface area contributed by atoms with E-state index < -0.39 is 11.7 Å². The van der Waals surface area contributed by atoms with Crippen molar-refractivity contribution in [3.8, 4) is 0 Å². The number of amides is 3. The average Bonchev–Trinajstić information content (AvgIpc) is 3.64. The van der Waals surface area contributed by atoms with Crippen LogP contribution < -0.4 is 16.4 Å². The predicted molar refractivity (Wildman–Crippen MR) is 157 cm³/mol. The number of hydrogen-bond acceptors (Lipinski definition) is 6. The van der Waals surface area contributed by atoms with Crippen LogP contribution in [0.4, 0.5) is 0 Å². The highest BCUT2D eigenvalue weighted by Crippen LogP contribution is 2.33. The summed E-state index contributed by atoms with van der Waals surface area (Å²) in [6, 6.07) is 9.82. The van der Waals surface area contributed by atoms with Crippen LogP contribution >= 0.6 is 0 Å². The summed E-state index contributed by atoms with van der Waals surface area (Å²) in [6.45, 7) is 12.7. The van der Waals surface area contributed by atoms with Gasteiger partial charge in [0.1, 0.15) is 6.29 Å². The number of primary amides is 1. The first-order valence-electron chi connectivity index (χ1n) is 14.4. The molecule has 1 aromatic rings. The number of carbonyl (C=O) groups is 5. The van der Waals surface area contributed by atoms with Crippen molar-refractivity contribution in [2.75, 3.05) is 20.1 Å². The fraction of sp³-hybridized carbons (Fsp3) is 0.645. The Labute approximate surface area is 240 Å². The monoisotopic (exact) mass is 558 g/mol. The molecule has 3 atom stereocenters. The Morgan fingerprint density at radius 1 is 1.02 bits per heavy atom. The van der Waals surface area contributed by atoms with Crippen LogP contribution in [0, 0.1) is 23.7 Å². The third-order valence-corrected chi connectivity index (χ3v) is 7.37. The molecule has 1 heterocycles. The highest BCUT2D eigenvalue weighted by Gasteiger charge is 2.36. The molecule has 2 fully saturated rings. The summed E-state index contributed by atoms with van der Waals surface area (Å²) in [6.07, 6.45) is 4.66. The largest absolute Gasteiger partial charge is 0.363 e. The van der Waals surface area contributed by atoms with Gasteiger partial charge in [0, 0.05) is 12.5 Å². The quantitative estimate of drug-likeness (QED) is 0.282. The minimum absolute atomic E-state index is 0.0217. The van der Waals surface area contributed by atoms with Gasteiger partial charge in [0.25, 0.3) is 5.91 Å². The van der Waals surface area contributed by atoms with Gasteiger partial charge in [-0.1, -0.05) is 84.7 Å². The summed E-state index contributed by atoms with van der Waals surface area (Å²) in [7, 11) is 1.67. The fourth-order valence-electron chi connectivity index (χ4n) is 4.32. The predicted octanol–water partition coefficient (Wildman–Crippen LogP) is 3.07. The Morgan fingerprint density at radius 3 is 2.02 bits per heavy atom. The molecule has 224 valence electrons. The number of benzene rings is 1. The van der Waals surface area contributed by atoms with Crippen molar-refractivity contribution in [3.05, 3.63) is 35.9 Å². The lowest BCUT2D eigenvalue weighted by molar-refractivity contribution is -0.137. The molecule has 3 amide bonds. The number of carbonyl (C=O) groups excluding carboxylic acids is 5. The Bertz CT molecular complexity index is 960. The van der Waals surface area contributed by atoms with Crippen LogP contribution in [0.25, 0.3) is 0 Å². The molecule has 1 aliphatic carbocycles. The van der Waals surface area contributed by atoms with Gasteiger partial charge in [-0.15, -0.1) is 0 Å². The smallest absolute Gasteiger partial charge is 0.286 e. The molecular weight excluding hydrogens is 508 g/mol. The number of nitrogens with two attached hydrogens (primary N) is 1. The topological polar surface area (TPSA) is 139 Å². The van der Waals surface area contributed by atoms with Crippen LogP contribution in [0.2, 0.25) is 0 Å². The maximum absolute atomic E-state index is 12.1. The molecule has 0 bridgehead atoms. The molecule has 40 heavy (non-hydrogen) atoms. The fourth-order valence-corrected chi connectivity index (χ4v) is 4.32. The third kappa shape index (κ3) is 12.4. The van der Waals surface area contributed by atoms with E-state index in [2.05, 4.69) is 62.6 Å². The molecule has 0 spiro atoms. The van der Waals surface area contributed by atoms with Crippen LogP contribution in [-0.2, 0) is 24.0 Å². The summed E-state index contributed by atoms with van der Waals surface area (Å²) < 4.78 is 0. The molecule has 1 aliphatic heterocycles. The Kier molecular flexibility index (Phi) is 15.4. The van der Waals surface area contributed by atoms with Gasteiger partial charge in [-0.05, 0) is 49.1 Å². The molecule has 0 radical (unpaired) electrons. The first-order valence-corrected chi connectivity index (χ1v) is 14.4. The number of likely N-dealkylation sites (tertiary alicyclic amines) is 1. The number of nitrogens with one attached hydrogen (secondary N) is 2. The molecule has 2 aliphatic rings. The van der Waals surface area contributed by atoms with E-state index in [1.807, 2.05) is 6.07 Å². The van der Waals surface area contributed by atoms with Crippen molar-refractivity contribution in [1.29, 1.82) is 0 Å². The molecule has 1 saturated carbocycles. The molecule has 3 unspecified atom stereocenters. The molecule has 9 nitrogen and oxygen atoms in total. The average molecular weight is 559 g/mol. The van der Waals surface area contributed by atoms with Gasteiger partial charge < -0.3 is 26.1 Å². The second-order valence-electron chi connectivity index (χ2n) is 11.7. The summed E-state index contributed by atoms with van der Waals surface area (Å²) >= 11 is 0. The second-order valence-corrected chi connectivity index (χ2v) is 11.7. The summed E-state index contributed by atoms with van der Waals surface area (Å²) in [5, 5.41) is 5.41. The van der Waals surface area contributed by atoms with E-state index >= 15 is 0 Å². The lowest BCUT2D eigenvalue weighted by atomic mass is 9.94. The van der Waals surface area contributed by atoms with Gasteiger partial charge in [-0.25, -0.2) is 0 Å². The molecule has 1 aromatic carbocycles. The Morgan fingerprint density at radius 2 is 1.62 bits per heavy atom. The van der Waals surface area contributed by atoms with E-state index in [4.69, 9.17) is 5.73 Å². The van der Waals surface area contributed by atoms with E-state index in [1.54, 1.807) is 25.8 Å². The number of nitrogens with zero attached hydrogens (tertiary/aromatic N) is 1. The number of Topliss-reactive ketones (excluding diaryl/α,β-unsaturated/α-hetero) is 1. The van der Waals surface area contributed by atoms with Crippen LogP contribution in [-0.4, -0.2) is 66.9 Å². The molecular formula is C31H50N4O5. The van der Waals surface area contributed by atoms with E-state index in [-0.39, 0.29) is 36.4 Å². The minimum Gasteiger partial charge on any atom is -0.363 e. The zero-order valence-corrected chi connectivity index (χ0v) is 25.3. The molecule has 3 rings (SSSR count). The molecule has 1 saturated heterocycles. The minimum atomic E-state index is -0.838. The van der Waals surface area contributed by atoms with Crippen molar-refractivity contribution >= 4 is 29.8 Å². The first kappa shape index (κ1) is 35.0. The standard InChI is InChI=1S/C14H24N2O3.C9H12.C8H14N2O2/c1-9(2)11-5-12(8-17)16(7-11)13(18)6-15-14(19)10(3)4;1-8(2)9-6-4-3-5-7-9;1-10-6(4-5-2-3-5)7(11)8(9)12/h8-12H,5-7H2,1-4H3,(H,15,19);3-8H,1-2H3;5-6,10H,2-4H2,1H3,(H2,9,12). The van der Waals surface area contributed by atoms with Gasteiger partial charge in [0.15, 0.2) is 0 Å². The van der Waals surface area contributed by atoms with E-state index in [0.717, 1.165) is 19.1 Å². The van der Waals surface area contributed by atoms with Gasteiger partial charge >= 0.3 is 0 Å². The van der Waals surface area contributed by atoms with Gasteiger partial charge in [-0.3, -0.25) is 19.2 Å². The first-order chi connectivity index (χ1) is 18.8. The van der Waals surface area contributed by atoms with Gasteiger partial charge in [-0.2, -0.15) is 0 Å². The summed E-state index contributed by atoms with van der Waals surface area (Å²) in [4.78, 5) is 57.8. The summed E-state index contributed by atoms with van der Waals surface area (Å²) in [5.41, 5.74) is 6.29. The lowest BCUT2D eigenvalue weighted by Gasteiger charge is -2.21. The molecule has 4 N–H and O–H groups in total. The number of aldehydes is 1. The van der Waals surface area contributed by atoms with E-state index in [1.165, 1.54) is 18.4 Å². The van der Waals surface area contributed by atoms with Crippen LogP contribution in [0.3, 0.4) is 0 Å². The third-order valence-electron chi connectivity index (χ3n) is 7.37. The lowest BCUT2D eigenvalue weighted by Crippen LogP contribution is -2.44. The van der Waals surface area contributed by atoms with Crippen molar-refractivity contribution in [1.82, 2.24) is 15.5 Å².